The third-order valence-corrected chi connectivity index (χ3v) is 2.03. The van der Waals surface area contributed by atoms with E-state index in [4.69, 9.17) is 23.2 Å². The van der Waals surface area contributed by atoms with E-state index in [-0.39, 0.29) is 0 Å². The fourth-order valence-electron chi connectivity index (χ4n) is 0.608. The number of hydrogen-bond donors (Lipinski definition) is 1. The van der Waals surface area contributed by atoms with Crippen molar-refractivity contribution in [1.29, 1.82) is 0 Å². The summed E-state index contributed by atoms with van der Waals surface area (Å²) < 4.78 is 2.91. The van der Waals surface area contributed by atoms with Gasteiger partial charge in [-0.1, -0.05) is 23.2 Å². The lowest BCUT2D eigenvalue weighted by Crippen LogP contribution is -1.77. The molecule has 0 aliphatic heterocycles. The Morgan fingerprint density at radius 3 is 2.00 bits per heavy atom. The highest BCUT2D eigenvalue weighted by atomic mass is 127. The third-order valence-electron chi connectivity index (χ3n) is 0.972. The molecular weight excluding hydrogens is 284 g/mol. The second-order valence-electron chi connectivity index (χ2n) is 1.75. The maximum absolute atomic E-state index is 5.70. The van der Waals surface area contributed by atoms with Gasteiger partial charge >= 0.3 is 0 Å². The minimum atomic E-state index is 0.645. The Labute approximate surface area is 83.2 Å². The topological polar surface area (TPSA) is 12.0 Å². The number of nitrogens with one attached hydrogen (secondary N) is 1. The predicted molar refractivity (Wildman–Crippen MR) is 54.1 cm³/mol. The zero-order chi connectivity index (χ0) is 7.56. The second-order valence-corrected chi connectivity index (χ2v) is 3.16. The number of benzene rings is 1. The highest BCUT2D eigenvalue weighted by molar-refractivity contribution is 14.1. The van der Waals surface area contributed by atoms with Crippen LogP contribution >= 0.6 is 46.1 Å². The summed E-state index contributed by atoms with van der Waals surface area (Å²) in [6, 6.07) is 5.31. The summed E-state index contributed by atoms with van der Waals surface area (Å²) in [5.74, 6) is 0. The summed E-state index contributed by atoms with van der Waals surface area (Å²) in [5.41, 5.74) is 0.915. The Hall–Kier alpha value is 0.330. The van der Waals surface area contributed by atoms with Gasteiger partial charge in [-0.15, -0.1) is 0 Å². The standard InChI is InChI=1S/C6H4Cl2IN/c7-4-1-5(8)3-6(2-4)10-9/h1-3,10H. The van der Waals surface area contributed by atoms with E-state index in [9.17, 15) is 0 Å². The molecule has 0 radical (unpaired) electrons. The normalized spacial score (nSPS) is 9.50. The van der Waals surface area contributed by atoms with E-state index in [1.165, 1.54) is 0 Å². The first-order chi connectivity index (χ1) is 4.72. The van der Waals surface area contributed by atoms with Gasteiger partial charge in [0.25, 0.3) is 0 Å². The molecule has 0 atom stereocenters. The smallest absolute Gasteiger partial charge is 0.0560 e. The fraction of sp³-hybridized carbons (Fsp3) is 0. The van der Waals surface area contributed by atoms with Crippen molar-refractivity contribution in [3.05, 3.63) is 28.2 Å². The van der Waals surface area contributed by atoms with Crippen molar-refractivity contribution in [2.75, 3.05) is 3.53 Å². The highest BCUT2D eigenvalue weighted by Crippen LogP contribution is 2.22. The van der Waals surface area contributed by atoms with Crippen LogP contribution in [0, 0.1) is 0 Å². The molecule has 4 heteroatoms. The molecule has 0 aliphatic carbocycles. The van der Waals surface area contributed by atoms with Gasteiger partial charge < -0.3 is 3.53 Å². The van der Waals surface area contributed by atoms with E-state index in [1.54, 1.807) is 18.2 Å². The van der Waals surface area contributed by atoms with Gasteiger partial charge in [-0.25, -0.2) is 0 Å². The lowest BCUT2D eigenvalue weighted by molar-refractivity contribution is 1.69. The molecule has 1 aromatic carbocycles. The summed E-state index contributed by atoms with van der Waals surface area (Å²) >= 11 is 13.4. The van der Waals surface area contributed by atoms with E-state index >= 15 is 0 Å². The average molecular weight is 288 g/mol. The summed E-state index contributed by atoms with van der Waals surface area (Å²) in [5, 5.41) is 1.29. The van der Waals surface area contributed by atoms with Gasteiger partial charge in [0.2, 0.25) is 0 Å². The van der Waals surface area contributed by atoms with Crippen LogP contribution in [0.4, 0.5) is 5.69 Å². The Balaban J connectivity index is 3.06. The summed E-state index contributed by atoms with van der Waals surface area (Å²) in [6.45, 7) is 0. The molecule has 10 heavy (non-hydrogen) atoms. The molecule has 54 valence electrons. The number of rotatable bonds is 1. The fourth-order valence-corrected chi connectivity index (χ4v) is 1.45. The van der Waals surface area contributed by atoms with Crippen molar-refractivity contribution in [2.45, 2.75) is 0 Å². The van der Waals surface area contributed by atoms with Crippen molar-refractivity contribution in [1.82, 2.24) is 0 Å². The van der Waals surface area contributed by atoms with E-state index in [0.29, 0.717) is 10.0 Å². The van der Waals surface area contributed by atoms with E-state index in [2.05, 4.69) is 3.53 Å². The van der Waals surface area contributed by atoms with Gasteiger partial charge in [-0.3, -0.25) is 0 Å². The number of halogens is 3. The molecule has 0 aromatic heterocycles. The van der Waals surface area contributed by atoms with Gasteiger partial charge in [-0.05, 0) is 18.2 Å². The first-order valence-electron chi connectivity index (χ1n) is 2.55. The lowest BCUT2D eigenvalue weighted by Gasteiger charge is -1.98. The van der Waals surface area contributed by atoms with Crippen LogP contribution in [0.5, 0.6) is 0 Å². The van der Waals surface area contributed by atoms with Crippen LogP contribution in [0.3, 0.4) is 0 Å². The van der Waals surface area contributed by atoms with E-state index in [1.807, 2.05) is 22.9 Å². The second kappa shape index (κ2) is 3.64. The molecule has 0 aliphatic rings. The largest absolute Gasteiger partial charge is 0.328 e. The van der Waals surface area contributed by atoms with Gasteiger partial charge in [-0.2, -0.15) is 0 Å². The minimum absolute atomic E-state index is 0.645. The minimum Gasteiger partial charge on any atom is -0.328 e. The van der Waals surface area contributed by atoms with E-state index in [0.717, 1.165) is 5.69 Å². The van der Waals surface area contributed by atoms with Crippen molar-refractivity contribution in [2.24, 2.45) is 0 Å². The summed E-state index contributed by atoms with van der Waals surface area (Å²) in [4.78, 5) is 0. The molecule has 0 saturated carbocycles. The maximum atomic E-state index is 5.70. The van der Waals surface area contributed by atoms with Gasteiger partial charge in [0.15, 0.2) is 0 Å². The summed E-state index contributed by atoms with van der Waals surface area (Å²) in [6.07, 6.45) is 0. The molecule has 1 nitrogen and oxygen atoms in total. The Bertz CT molecular complexity index is 219. The van der Waals surface area contributed by atoms with Crippen LogP contribution in [0.1, 0.15) is 0 Å². The van der Waals surface area contributed by atoms with Gasteiger partial charge in [0.05, 0.1) is 22.9 Å². The first kappa shape index (κ1) is 8.43. The molecule has 0 fully saturated rings. The van der Waals surface area contributed by atoms with Crippen LogP contribution in [-0.4, -0.2) is 0 Å². The predicted octanol–water partition coefficient (Wildman–Crippen LogP) is 3.76. The van der Waals surface area contributed by atoms with Crippen LogP contribution in [-0.2, 0) is 0 Å². The molecule has 0 amide bonds. The van der Waals surface area contributed by atoms with Crippen LogP contribution in [0.2, 0.25) is 10.0 Å². The lowest BCUT2D eigenvalue weighted by atomic mass is 10.3. The molecule has 0 bridgehead atoms. The average Bonchev–Trinajstić information content (AvgIpc) is 1.85. The monoisotopic (exact) mass is 287 g/mol. The highest BCUT2D eigenvalue weighted by Gasteiger charge is 1.94. The van der Waals surface area contributed by atoms with Crippen LogP contribution < -0.4 is 3.53 Å². The van der Waals surface area contributed by atoms with E-state index < -0.39 is 0 Å². The first-order valence-corrected chi connectivity index (χ1v) is 4.38. The van der Waals surface area contributed by atoms with Crippen molar-refractivity contribution in [3.63, 3.8) is 0 Å². The Kier molecular flexibility index (Phi) is 3.07. The van der Waals surface area contributed by atoms with Crippen molar-refractivity contribution in [3.8, 4) is 0 Å². The Morgan fingerprint density at radius 1 is 1.10 bits per heavy atom. The molecule has 0 spiro atoms. The molecule has 0 saturated heterocycles. The van der Waals surface area contributed by atoms with Crippen LogP contribution in [0.15, 0.2) is 18.2 Å². The summed E-state index contributed by atoms with van der Waals surface area (Å²) in [7, 11) is 0. The number of anilines is 1. The van der Waals surface area contributed by atoms with Crippen LogP contribution in [0.25, 0.3) is 0 Å². The SMILES string of the molecule is Clc1cc(Cl)cc(NI)c1. The maximum Gasteiger partial charge on any atom is 0.0560 e. The van der Waals surface area contributed by atoms with Gasteiger partial charge in [0, 0.05) is 15.7 Å². The molecular formula is C6H4Cl2IN. The van der Waals surface area contributed by atoms with Crippen molar-refractivity contribution >= 4 is 51.8 Å². The molecule has 0 heterocycles. The number of hydrogen-bond acceptors (Lipinski definition) is 1. The molecule has 1 aromatic rings. The zero-order valence-corrected chi connectivity index (χ0v) is 8.54. The molecule has 1 rings (SSSR count). The Morgan fingerprint density at radius 2 is 1.60 bits per heavy atom. The van der Waals surface area contributed by atoms with Crippen molar-refractivity contribution < 1.29 is 0 Å². The quantitative estimate of drug-likeness (QED) is 0.613. The van der Waals surface area contributed by atoms with Gasteiger partial charge in [0.1, 0.15) is 0 Å². The molecule has 1 N–H and O–H groups in total. The zero-order valence-electron chi connectivity index (χ0n) is 4.87. The third kappa shape index (κ3) is 2.18. The molecule has 0 unspecified atom stereocenters.